The molecule has 0 spiro atoms. The fourth-order valence-electron chi connectivity index (χ4n) is 5.36. The zero-order chi connectivity index (χ0) is 23.6. The molecule has 8 aromatic rings. The first-order valence-corrected chi connectivity index (χ1v) is 12.0. The van der Waals surface area contributed by atoms with Gasteiger partial charge in [-0.05, 0) is 36.4 Å². The van der Waals surface area contributed by atoms with E-state index in [1.165, 1.54) is 0 Å². The number of hydrogen-bond acceptors (Lipinski definition) is 3. The lowest BCUT2D eigenvalue weighted by Gasteiger charge is -2.12. The molecule has 36 heavy (non-hydrogen) atoms. The number of benzene rings is 4. The normalized spacial score (nSPS) is 11.9. The molecule has 0 atom stereocenters. The van der Waals surface area contributed by atoms with Crippen molar-refractivity contribution in [2.75, 3.05) is 0 Å². The predicted octanol–water partition coefficient (Wildman–Crippen LogP) is 7.19. The zero-order valence-corrected chi connectivity index (χ0v) is 19.2. The van der Waals surface area contributed by atoms with Crippen LogP contribution in [0, 0.1) is 0 Å². The number of hydrogen-bond donors (Lipinski definition) is 0. The third-order valence-electron chi connectivity index (χ3n) is 6.92. The standard InChI is InChI=1S/C31H19N5/c1-2-10-20(11-3-1)29-23-13-4-6-14-24(23)33-31(34-29)36-26-16-8-5-12-21(26)22-18-19-28-32-25-15-7-9-17-27(25)35(28)30(22)36/h1-19H. The summed E-state index contributed by atoms with van der Waals surface area (Å²) in [5.41, 5.74) is 7.90. The lowest BCUT2D eigenvalue weighted by Crippen LogP contribution is -2.05. The Balaban J connectivity index is 1.59. The van der Waals surface area contributed by atoms with E-state index in [0.29, 0.717) is 5.95 Å². The third kappa shape index (κ3) is 2.62. The highest BCUT2D eigenvalue weighted by molar-refractivity contribution is 6.09. The molecule has 0 bridgehead atoms. The van der Waals surface area contributed by atoms with Crippen LogP contribution in [-0.2, 0) is 0 Å². The van der Waals surface area contributed by atoms with Crippen molar-refractivity contribution < 1.29 is 0 Å². The van der Waals surface area contributed by atoms with Crippen LogP contribution in [0.25, 0.3) is 66.7 Å². The Kier molecular flexibility index (Phi) is 3.88. The number of fused-ring (bicyclic) bond motifs is 8. The fraction of sp³-hybridized carbons (Fsp3) is 0. The molecule has 4 aromatic heterocycles. The Morgan fingerprint density at radius 1 is 0.472 bits per heavy atom. The van der Waals surface area contributed by atoms with Crippen LogP contribution in [0.2, 0.25) is 0 Å². The van der Waals surface area contributed by atoms with Gasteiger partial charge in [-0.25, -0.2) is 15.0 Å². The second kappa shape index (κ2) is 7.23. The first-order valence-electron chi connectivity index (χ1n) is 12.0. The fourth-order valence-corrected chi connectivity index (χ4v) is 5.36. The minimum atomic E-state index is 0.643. The van der Waals surface area contributed by atoms with E-state index in [9.17, 15) is 0 Å². The summed E-state index contributed by atoms with van der Waals surface area (Å²) < 4.78 is 4.41. The number of imidazole rings is 1. The quantitative estimate of drug-likeness (QED) is 0.274. The van der Waals surface area contributed by atoms with Gasteiger partial charge in [0.2, 0.25) is 5.95 Å². The molecule has 8 rings (SSSR count). The molecule has 0 aliphatic carbocycles. The van der Waals surface area contributed by atoms with Gasteiger partial charge in [-0.15, -0.1) is 0 Å². The Labute approximate surface area is 205 Å². The SMILES string of the molecule is c1ccc(-c2nc(-n3c4ccccc4c4ccc5nc6ccccc6n5c43)nc3ccccc23)cc1. The number of rotatable bonds is 2. The number of para-hydroxylation sites is 4. The van der Waals surface area contributed by atoms with Crippen LogP contribution in [0.15, 0.2) is 115 Å². The molecule has 5 nitrogen and oxygen atoms in total. The van der Waals surface area contributed by atoms with Crippen molar-refractivity contribution in [3.8, 4) is 17.2 Å². The predicted molar refractivity (Wildman–Crippen MR) is 146 cm³/mol. The van der Waals surface area contributed by atoms with Gasteiger partial charge in [-0.1, -0.05) is 78.9 Å². The maximum absolute atomic E-state index is 5.20. The molecule has 0 radical (unpaired) electrons. The van der Waals surface area contributed by atoms with E-state index < -0.39 is 0 Å². The molecule has 0 saturated heterocycles. The molecule has 168 valence electrons. The summed E-state index contributed by atoms with van der Waals surface area (Å²) in [5.74, 6) is 0.643. The van der Waals surface area contributed by atoms with Gasteiger partial charge < -0.3 is 0 Å². The summed E-state index contributed by atoms with van der Waals surface area (Å²) in [6.07, 6.45) is 0. The van der Waals surface area contributed by atoms with Crippen LogP contribution in [-0.4, -0.2) is 23.9 Å². The highest BCUT2D eigenvalue weighted by Gasteiger charge is 2.20. The van der Waals surface area contributed by atoms with E-state index >= 15 is 0 Å². The van der Waals surface area contributed by atoms with E-state index in [-0.39, 0.29) is 0 Å². The van der Waals surface area contributed by atoms with Crippen LogP contribution in [0.1, 0.15) is 0 Å². The number of nitrogens with zero attached hydrogens (tertiary/aromatic N) is 5. The van der Waals surface area contributed by atoms with E-state index in [0.717, 1.165) is 60.8 Å². The molecule has 0 unspecified atom stereocenters. The Morgan fingerprint density at radius 2 is 1.17 bits per heavy atom. The van der Waals surface area contributed by atoms with Gasteiger partial charge in [-0.2, -0.15) is 0 Å². The van der Waals surface area contributed by atoms with Gasteiger partial charge >= 0.3 is 0 Å². The van der Waals surface area contributed by atoms with Crippen LogP contribution in [0.4, 0.5) is 0 Å². The van der Waals surface area contributed by atoms with E-state index in [2.05, 4.69) is 87.8 Å². The van der Waals surface area contributed by atoms with Crippen molar-refractivity contribution in [1.82, 2.24) is 23.9 Å². The molecule has 0 saturated carbocycles. The average Bonchev–Trinajstić information content (AvgIpc) is 3.48. The zero-order valence-electron chi connectivity index (χ0n) is 19.2. The van der Waals surface area contributed by atoms with Gasteiger partial charge in [0.15, 0.2) is 0 Å². The molecular weight excluding hydrogens is 442 g/mol. The van der Waals surface area contributed by atoms with Gasteiger partial charge in [-0.3, -0.25) is 8.97 Å². The second-order valence-corrected chi connectivity index (χ2v) is 8.97. The minimum absolute atomic E-state index is 0.643. The maximum Gasteiger partial charge on any atom is 0.236 e. The summed E-state index contributed by atoms with van der Waals surface area (Å²) >= 11 is 0. The van der Waals surface area contributed by atoms with E-state index in [1.54, 1.807) is 0 Å². The molecule has 0 fully saturated rings. The molecular formula is C31H19N5. The topological polar surface area (TPSA) is 48.0 Å². The van der Waals surface area contributed by atoms with Crippen molar-refractivity contribution in [2.24, 2.45) is 0 Å². The van der Waals surface area contributed by atoms with Crippen LogP contribution in [0.5, 0.6) is 0 Å². The summed E-state index contributed by atoms with van der Waals surface area (Å²) in [4.78, 5) is 15.2. The molecule has 4 aromatic carbocycles. The van der Waals surface area contributed by atoms with E-state index in [4.69, 9.17) is 15.0 Å². The van der Waals surface area contributed by atoms with E-state index in [1.807, 2.05) is 36.4 Å². The monoisotopic (exact) mass is 461 g/mol. The Morgan fingerprint density at radius 3 is 2.03 bits per heavy atom. The first kappa shape index (κ1) is 19.3. The van der Waals surface area contributed by atoms with Crippen LogP contribution < -0.4 is 0 Å². The van der Waals surface area contributed by atoms with Crippen molar-refractivity contribution in [3.05, 3.63) is 115 Å². The smallest absolute Gasteiger partial charge is 0.236 e. The summed E-state index contributed by atoms with van der Waals surface area (Å²) in [6.45, 7) is 0. The third-order valence-corrected chi connectivity index (χ3v) is 6.92. The van der Waals surface area contributed by atoms with Crippen molar-refractivity contribution in [1.29, 1.82) is 0 Å². The Bertz CT molecular complexity index is 2100. The van der Waals surface area contributed by atoms with Gasteiger partial charge in [0.25, 0.3) is 0 Å². The molecule has 0 N–H and O–H groups in total. The van der Waals surface area contributed by atoms with Crippen LogP contribution in [0.3, 0.4) is 0 Å². The highest BCUT2D eigenvalue weighted by atomic mass is 15.2. The lowest BCUT2D eigenvalue weighted by molar-refractivity contribution is 0.990. The minimum Gasteiger partial charge on any atom is -0.277 e. The van der Waals surface area contributed by atoms with Gasteiger partial charge in [0, 0.05) is 21.7 Å². The number of pyridine rings is 1. The highest BCUT2D eigenvalue weighted by Crippen LogP contribution is 2.35. The molecule has 5 heteroatoms. The van der Waals surface area contributed by atoms with Gasteiger partial charge in [0.05, 0.1) is 27.8 Å². The Hall–Kier alpha value is -5.03. The summed E-state index contributed by atoms with van der Waals surface area (Å²) in [7, 11) is 0. The second-order valence-electron chi connectivity index (χ2n) is 8.97. The summed E-state index contributed by atoms with van der Waals surface area (Å²) in [6, 6.07) is 39.5. The van der Waals surface area contributed by atoms with Gasteiger partial charge in [0.1, 0.15) is 11.3 Å². The van der Waals surface area contributed by atoms with Crippen molar-refractivity contribution in [2.45, 2.75) is 0 Å². The lowest BCUT2D eigenvalue weighted by atomic mass is 10.1. The largest absolute Gasteiger partial charge is 0.277 e. The maximum atomic E-state index is 5.20. The molecule has 0 amide bonds. The first-order chi connectivity index (χ1) is 17.9. The number of aromatic nitrogens is 5. The summed E-state index contributed by atoms with van der Waals surface area (Å²) in [5, 5.41) is 3.33. The van der Waals surface area contributed by atoms with Crippen molar-refractivity contribution >= 4 is 49.5 Å². The van der Waals surface area contributed by atoms with Crippen LogP contribution >= 0.6 is 0 Å². The molecule has 0 aliphatic heterocycles. The van der Waals surface area contributed by atoms with Crippen molar-refractivity contribution in [3.63, 3.8) is 0 Å². The average molecular weight is 462 g/mol. The molecule has 4 heterocycles. The molecule has 0 aliphatic rings.